The van der Waals surface area contributed by atoms with Crippen LogP contribution in [-0.2, 0) is 25.1 Å². The molecule has 0 radical (unpaired) electrons. The maximum Gasteiger partial charge on any atom is 0.306 e. The first kappa shape index (κ1) is 15.0. The van der Waals surface area contributed by atoms with Gasteiger partial charge in [0.25, 0.3) is 0 Å². The van der Waals surface area contributed by atoms with Gasteiger partial charge in [-0.25, -0.2) is 8.42 Å². The SMILES string of the molecule is COC(=O)CC(C)S(=O)(=O)Cc1ccc(Cl)cc1. The summed E-state index contributed by atoms with van der Waals surface area (Å²) in [5, 5.41) is -0.209. The van der Waals surface area contributed by atoms with Gasteiger partial charge in [-0.05, 0) is 24.6 Å². The van der Waals surface area contributed by atoms with E-state index in [1.165, 1.54) is 14.0 Å². The Bertz CT molecular complexity index is 507. The normalized spacial score (nSPS) is 13.1. The second kappa shape index (κ2) is 6.20. The number of sulfone groups is 1. The van der Waals surface area contributed by atoms with Gasteiger partial charge in [0, 0.05) is 5.02 Å². The summed E-state index contributed by atoms with van der Waals surface area (Å²) >= 11 is 5.72. The van der Waals surface area contributed by atoms with Crippen molar-refractivity contribution >= 4 is 27.4 Å². The van der Waals surface area contributed by atoms with Crippen LogP contribution in [0, 0.1) is 0 Å². The van der Waals surface area contributed by atoms with Crippen LogP contribution in [0.4, 0.5) is 0 Å². The molecule has 1 aromatic carbocycles. The Kier molecular flexibility index (Phi) is 5.16. The van der Waals surface area contributed by atoms with Crippen molar-refractivity contribution in [2.24, 2.45) is 0 Å². The largest absolute Gasteiger partial charge is 0.469 e. The highest BCUT2D eigenvalue weighted by atomic mass is 35.5. The number of rotatable bonds is 5. The van der Waals surface area contributed by atoms with Crippen molar-refractivity contribution in [2.45, 2.75) is 24.3 Å². The number of halogens is 1. The van der Waals surface area contributed by atoms with Gasteiger partial charge < -0.3 is 4.74 Å². The van der Waals surface area contributed by atoms with E-state index < -0.39 is 21.1 Å². The van der Waals surface area contributed by atoms with Crippen molar-refractivity contribution in [1.29, 1.82) is 0 Å². The Hall–Kier alpha value is -1.07. The van der Waals surface area contributed by atoms with E-state index in [-0.39, 0.29) is 12.2 Å². The average Bonchev–Trinajstić information content (AvgIpc) is 2.31. The fourth-order valence-electron chi connectivity index (χ4n) is 1.40. The molecule has 18 heavy (non-hydrogen) atoms. The van der Waals surface area contributed by atoms with Crippen molar-refractivity contribution in [1.82, 2.24) is 0 Å². The Morgan fingerprint density at radius 2 is 1.89 bits per heavy atom. The fraction of sp³-hybridized carbons (Fsp3) is 0.417. The molecule has 0 aliphatic carbocycles. The molecule has 0 aromatic heterocycles. The highest BCUT2D eigenvalue weighted by molar-refractivity contribution is 7.91. The molecule has 0 aliphatic rings. The quantitative estimate of drug-likeness (QED) is 0.780. The zero-order valence-corrected chi connectivity index (χ0v) is 11.8. The Morgan fingerprint density at radius 1 is 1.33 bits per heavy atom. The zero-order valence-electron chi connectivity index (χ0n) is 10.2. The lowest BCUT2D eigenvalue weighted by atomic mass is 10.2. The monoisotopic (exact) mass is 290 g/mol. The fourth-order valence-corrected chi connectivity index (χ4v) is 2.86. The number of carbonyl (C=O) groups is 1. The molecule has 1 rings (SSSR count). The van der Waals surface area contributed by atoms with Gasteiger partial charge in [0.05, 0.1) is 24.5 Å². The summed E-state index contributed by atoms with van der Waals surface area (Å²) in [4.78, 5) is 11.1. The molecule has 1 atom stereocenters. The van der Waals surface area contributed by atoms with Crippen LogP contribution in [0.3, 0.4) is 0 Å². The molecule has 0 spiro atoms. The number of ether oxygens (including phenoxy) is 1. The molecule has 100 valence electrons. The topological polar surface area (TPSA) is 60.4 Å². The summed E-state index contributed by atoms with van der Waals surface area (Å²) in [6, 6.07) is 6.59. The Morgan fingerprint density at radius 3 is 2.39 bits per heavy atom. The minimum absolute atomic E-state index is 0.109. The van der Waals surface area contributed by atoms with Crippen LogP contribution >= 0.6 is 11.6 Å². The molecule has 6 heteroatoms. The summed E-state index contributed by atoms with van der Waals surface area (Å²) in [6.07, 6.45) is -0.133. The van der Waals surface area contributed by atoms with E-state index in [2.05, 4.69) is 4.74 Å². The van der Waals surface area contributed by atoms with Crippen LogP contribution < -0.4 is 0 Å². The first-order chi connectivity index (χ1) is 8.35. The summed E-state index contributed by atoms with van der Waals surface area (Å²) in [7, 11) is -2.14. The standard InChI is InChI=1S/C12H15ClO4S/c1-9(7-12(14)17-2)18(15,16)8-10-3-5-11(13)6-4-10/h3-6,9H,7-8H2,1-2H3. The smallest absolute Gasteiger partial charge is 0.306 e. The molecule has 0 aliphatic heterocycles. The Balaban J connectivity index is 2.75. The second-order valence-corrected chi connectivity index (χ2v) is 6.88. The van der Waals surface area contributed by atoms with Gasteiger partial charge >= 0.3 is 5.97 Å². The first-order valence-electron chi connectivity index (χ1n) is 5.38. The van der Waals surface area contributed by atoms with Gasteiger partial charge in [-0.2, -0.15) is 0 Å². The van der Waals surface area contributed by atoms with Crippen LogP contribution in [0.1, 0.15) is 18.9 Å². The number of carbonyl (C=O) groups excluding carboxylic acids is 1. The van der Waals surface area contributed by atoms with Crippen LogP contribution in [-0.4, -0.2) is 26.7 Å². The highest BCUT2D eigenvalue weighted by Crippen LogP contribution is 2.16. The molecule has 0 saturated carbocycles. The predicted octanol–water partition coefficient (Wildman–Crippen LogP) is 2.21. The third-order valence-electron chi connectivity index (χ3n) is 2.58. The van der Waals surface area contributed by atoms with Gasteiger partial charge in [-0.3, -0.25) is 4.79 Å². The molecule has 0 bridgehead atoms. The van der Waals surface area contributed by atoms with Crippen LogP contribution in [0.2, 0.25) is 5.02 Å². The molecule has 0 heterocycles. The maximum atomic E-state index is 12.0. The number of hydrogen-bond donors (Lipinski definition) is 0. The summed E-state index contributed by atoms with van der Waals surface area (Å²) in [6.45, 7) is 1.50. The van der Waals surface area contributed by atoms with E-state index in [1.54, 1.807) is 24.3 Å². The van der Waals surface area contributed by atoms with E-state index in [4.69, 9.17) is 11.6 Å². The molecule has 1 aromatic rings. The summed E-state index contributed by atoms with van der Waals surface area (Å²) in [5.41, 5.74) is 0.649. The van der Waals surface area contributed by atoms with E-state index in [9.17, 15) is 13.2 Å². The summed E-state index contributed by atoms with van der Waals surface area (Å²) in [5.74, 6) is -0.635. The van der Waals surface area contributed by atoms with Crippen molar-refractivity contribution in [3.8, 4) is 0 Å². The van der Waals surface area contributed by atoms with Crippen LogP contribution in [0.25, 0.3) is 0 Å². The molecule has 0 amide bonds. The summed E-state index contributed by atoms with van der Waals surface area (Å²) < 4.78 is 28.5. The number of esters is 1. The van der Waals surface area contributed by atoms with Gasteiger partial charge in [0.1, 0.15) is 0 Å². The van der Waals surface area contributed by atoms with E-state index in [0.29, 0.717) is 10.6 Å². The van der Waals surface area contributed by atoms with Gasteiger partial charge in [-0.15, -0.1) is 0 Å². The second-order valence-electron chi connectivity index (χ2n) is 4.02. The third-order valence-corrected chi connectivity index (χ3v) is 4.96. The highest BCUT2D eigenvalue weighted by Gasteiger charge is 2.24. The lowest BCUT2D eigenvalue weighted by Gasteiger charge is -2.11. The third kappa shape index (κ3) is 4.31. The van der Waals surface area contributed by atoms with Gasteiger partial charge in [0.15, 0.2) is 9.84 Å². The number of methoxy groups -OCH3 is 1. The molecule has 0 fully saturated rings. The Labute approximate surface area is 112 Å². The van der Waals surface area contributed by atoms with E-state index >= 15 is 0 Å². The number of hydrogen-bond acceptors (Lipinski definition) is 4. The van der Waals surface area contributed by atoms with Gasteiger partial charge in [-0.1, -0.05) is 23.7 Å². The molecular weight excluding hydrogens is 276 g/mol. The van der Waals surface area contributed by atoms with Gasteiger partial charge in [0.2, 0.25) is 0 Å². The zero-order chi connectivity index (χ0) is 13.8. The average molecular weight is 291 g/mol. The molecule has 0 saturated heterocycles. The molecule has 0 N–H and O–H groups in total. The predicted molar refractivity (Wildman–Crippen MR) is 70.2 cm³/mol. The van der Waals surface area contributed by atoms with Crippen molar-refractivity contribution < 1.29 is 17.9 Å². The molecular formula is C12H15ClO4S. The molecule has 1 unspecified atom stereocenters. The molecule has 4 nitrogen and oxygen atoms in total. The number of benzene rings is 1. The maximum absolute atomic E-state index is 12.0. The van der Waals surface area contributed by atoms with Crippen molar-refractivity contribution in [3.05, 3.63) is 34.9 Å². The van der Waals surface area contributed by atoms with Crippen LogP contribution in [0.15, 0.2) is 24.3 Å². The van der Waals surface area contributed by atoms with E-state index in [1.807, 2.05) is 0 Å². The first-order valence-corrected chi connectivity index (χ1v) is 7.47. The van der Waals surface area contributed by atoms with Crippen LogP contribution in [0.5, 0.6) is 0 Å². The minimum Gasteiger partial charge on any atom is -0.469 e. The van der Waals surface area contributed by atoms with Crippen molar-refractivity contribution in [2.75, 3.05) is 7.11 Å². The lowest BCUT2D eigenvalue weighted by Crippen LogP contribution is -2.23. The van der Waals surface area contributed by atoms with E-state index in [0.717, 1.165) is 0 Å². The van der Waals surface area contributed by atoms with Crippen molar-refractivity contribution in [3.63, 3.8) is 0 Å². The lowest BCUT2D eigenvalue weighted by molar-refractivity contribution is -0.140. The minimum atomic E-state index is -3.38.